The Morgan fingerprint density at radius 1 is 1.15 bits per heavy atom. The second-order valence-electron chi connectivity index (χ2n) is 6.37. The lowest BCUT2D eigenvalue weighted by Gasteiger charge is -2.24. The Labute approximate surface area is 158 Å². The summed E-state index contributed by atoms with van der Waals surface area (Å²) in [5.41, 5.74) is 1.60. The molecule has 2 amide bonds. The van der Waals surface area contributed by atoms with Crippen LogP contribution in [0.15, 0.2) is 60.7 Å². The van der Waals surface area contributed by atoms with Crippen molar-refractivity contribution in [1.82, 2.24) is 10.2 Å². The first-order chi connectivity index (χ1) is 13.2. The molecule has 27 heavy (non-hydrogen) atoms. The van der Waals surface area contributed by atoms with Gasteiger partial charge >= 0.3 is 6.09 Å². The van der Waals surface area contributed by atoms with Crippen LogP contribution in [0.3, 0.4) is 0 Å². The van der Waals surface area contributed by atoms with Gasteiger partial charge in [-0.25, -0.2) is 4.79 Å². The highest BCUT2D eigenvalue weighted by Crippen LogP contribution is 2.21. The first-order valence-electron chi connectivity index (χ1n) is 8.91. The molecule has 1 heterocycles. The predicted molar refractivity (Wildman–Crippen MR) is 99.3 cm³/mol. The summed E-state index contributed by atoms with van der Waals surface area (Å²) in [6.07, 6.45) is 0.769. The highest BCUT2D eigenvalue weighted by molar-refractivity contribution is 5.86. The highest BCUT2D eigenvalue weighted by Gasteiger charge is 2.36. The molecule has 0 aromatic heterocycles. The molecule has 0 saturated carbocycles. The number of hydrogen-bond donors (Lipinski definition) is 1. The van der Waals surface area contributed by atoms with Gasteiger partial charge in [0.05, 0.1) is 6.07 Å². The van der Waals surface area contributed by atoms with Crippen molar-refractivity contribution in [2.45, 2.75) is 31.5 Å². The van der Waals surface area contributed by atoms with Crippen LogP contribution < -0.4 is 5.32 Å². The van der Waals surface area contributed by atoms with E-state index in [0.29, 0.717) is 18.5 Å². The Morgan fingerprint density at radius 2 is 1.81 bits per heavy atom. The van der Waals surface area contributed by atoms with E-state index >= 15 is 0 Å². The van der Waals surface area contributed by atoms with Crippen molar-refractivity contribution in [2.24, 2.45) is 0 Å². The second-order valence-corrected chi connectivity index (χ2v) is 6.37. The van der Waals surface area contributed by atoms with Gasteiger partial charge in [0.15, 0.2) is 0 Å². The molecule has 1 saturated heterocycles. The summed E-state index contributed by atoms with van der Waals surface area (Å²) in [4.78, 5) is 26.5. The summed E-state index contributed by atoms with van der Waals surface area (Å²) in [5, 5.41) is 12.1. The molecular formula is C21H21N3O3. The van der Waals surface area contributed by atoms with Crippen LogP contribution in [-0.4, -0.2) is 29.5 Å². The zero-order chi connectivity index (χ0) is 19.1. The molecule has 2 aromatic carbocycles. The zero-order valence-corrected chi connectivity index (χ0v) is 14.9. The van der Waals surface area contributed by atoms with E-state index in [2.05, 4.69) is 11.4 Å². The van der Waals surface area contributed by atoms with Crippen molar-refractivity contribution in [3.8, 4) is 6.07 Å². The fraction of sp³-hybridized carbons (Fsp3) is 0.286. The van der Waals surface area contributed by atoms with Gasteiger partial charge in [0.1, 0.15) is 18.7 Å². The van der Waals surface area contributed by atoms with Crippen molar-refractivity contribution in [3.63, 3.8) is 0 Å². The first kappa shape index (κ1) is 18.5. The number of amides is 2. The van der Waals surface area contributed by atoms with Gasteiger partial charge in [-0.3, -0.25) is 9.69 Å². The smallest absolute Gasteiger partial charge is 0.410 e. The van der Waals surface area contributed by atoms with Crippen molar-refractivity contribution in [2.75, 3.05) is 6.54 Å². The molecule has 6 nitrogen and oxygen atoms in total. The third-order valence-corrected chi connectivity index (χ3v) is 4.54. The molecule has 0 radical (unpaired) electrons. The van der Waals surface area contributed by atoms with E-state index in [4.69, 9.17) is 4.74 Å². The van der Waals surface area contributed by atoms with Crippen LogP contribution in [-0.2, 0) is 16.1 Å². The maximum absolute atomic E-state index is 12.7. The molecular weight excluding hydrogens is 342 g/mol. The average Bonchev–Trinajstić information content (AvgIpc) is 3.21. The largest absolute Gasteiger partial charge is 0.445 e. The minimum absolute atomic E-state index is 0.162. The molecule has 1 aliphatic rings. The summed E-state index contributed by atoms with van der Waals surface area (Å²) >= 11 is 0. The second kappa shape index (κ2) is 8.86. The van der Waals surface area contributed by atoms with Crippen LogP contribution in [0, 0.1) is 11.3 Å². The van der Waals surface area contributed by atoms with Crippen LogP contribution in [0.2, 0.25) is 0 Å². The summed E-state index contributed by atoms with van der Waals surface area (Å²) in [7, 11) is 0. The lowest BCUT2D eigenvalue weighted by molar-refractivity contribution is -0.125. The molecule has 6 heteroatoms. The van der Waals surface area contributed by atoms with E-state index in [1.54, 1.807) is 12.1 Å². The van der Waals surface area contributed by atoms with E-state index in [9.17, 15) is 14.9 Å². The average molecular weight is 363 g/mol. The minimum atomic E-state index is -0.749. The summed E-state index contributed by atoms with van der Waals surface area (Å²) in [6, 6.07) is 19.2. The Balaban J connectivity index is 1.60. The zero-order valence-electron chi connectivity index (χ0n) is 14.9. The van der Waals surface area contributed by atoms with Gasteiger partial charge in [-0.1, -0.05) is 60.7 Å². The SMILES string of the molecule is N#C[C@@H](NC(=O)[C@@H]1CCCN1C(=O)OCc1ccccc1)c1ccccc1. The van der Waals surface area contributed by atoms with Gasteiger partial charge in [0, 0.05) is 6.54 Å². The Bertz CT molecular complexity index is 818. The van der Waals surface area contributed by atoms with Gasteiger partial charge in [-0.2, -0.15) is 5.26 Å². The van der Waals surface area contributed by atoms with Crippen LogP contribution in [0.1, 0.15) is 30.0 Å². The standard InChI is InChI=1S/C21H21N3O3/c22-14-18(17-10-5-2-6-11-17)23-20(25)19-12-7-13-24(19)21(26)27-15-16-8-3-1-4-9-16/h1-6,8-11,18-19H,7,12-13,15H2,(H,23,25)/t18-,19+/m1/s1. The Morgan fingerprint density at radius 3 is 2.48 bits per heavy atom. The van der Waals surface area contributed by atoms with Crippen molar-refractivity contribution < 1.29 is 14.3 Å². The van der Waals surface area contributed by atoms with E-state index in [1.165, 1.54) is 4.90 Å². The fourth-order valence-electron chi connectivity index (χ4n) is 3.13. The monoisotopic (exact) mass is 363 g/mol. The first-order valence-corrected chi connectivity index (χ1v) is 8.91. The third-order valence-electron chi connectivity index (χ3n) is 4.54. The fourth-order valence-corrected chi connectivity index (χ4v) is 3.13. The number of nitrogens with one attached hydrogen (secondary N) is 1. The Kier molecular flexibility index (Phi) is 6.06. The third kappa shape index (κ3) is 4.64. The number of carbonyl (C=O) groups is 2. The molecule has 2 aromatic rings. The van der Waals surface area contributed by atoms with Crippen LogP contribution in [0.4, 0.5) is 4.79 Å². The van der Waals surface area contributed by atoms with Crippen LogP contribution in [0.5, 0.6) is 0 Å². The van der Waals surface area contributed by atoms with Crippen molar-refractivity contribution in [1.29, 1.82) is 5.26 Å². The number of benzene rings is 2. The molecule has 1 fully saturated rings. The van der Waals surface area contributed by atoms with Crippen molar-refractivity contribution in [3.05, 3.63) is 71.8 Å². The van der Waals surface area contributed by atoms with Gasteiger partial charge in [0.25, 0.3) is 0 Å². The quantitative estimate of drug-likeness (QED) is 0.884. The number of likely N-dealkylation sites (tertiary alicyclic amines) is 1. The van der Waals surface area contributed by atoms with E-state index in [1.807, 2.05) is 48.5 Å². The maximum atomic E-state index is 12.7. The predicted octanol–water partition coefficient (Wildman–Crippen LogP) is 3.17. The molecule has 0 unspecified atom stereocenters. The number of hydrogen-bond acceptors (Lipinski definition) is 4. The van der Waals surface area contributed by atoms with E-state index in [0.717, 1.165) is 12.0 Å². The summed E-state index contributed by atoms with van der Waals surface area (Å²) in [6.45, 7) is 0.629. The lowest BCUT2D eigenvalue weighted by Crippen LogP contribution is -2.46. The maximum Gasteiger partial charge on any atom is 0.410 e. The van der Waals surface area contributed by atoms with E-state index < -0.39 is 18.2 Å². The Hall–Kier alpha value is -3.33. The number of carbonyl (C=O) groups excluding carboxylic acids is 2. The summed E-state index contributed by atoms with van der Waals surface area (Å²) in [5.74, 6) is -0.334. The molecule has 0 spiro atoms. The molecule has 138 valence electrons. The molecule has 0 bridgehead atoms. The molecule has 1 N–H and O–H groups in total. The molecule has 0 aliphatic carbocycles. The molecule has 3 rings (SSSR count). The van der Waals surface area contributed by atoms with Crippen molar-refractivity contribution >= 4 is 12.0 Å². The topological polar surface area (TPSA) is 82.4 Å². The number of rotatable bonds is 5. The van der Waals surface area contributed by atoms with Crippen LogP contribution >= 0.6 is 0 Å². The van der Waals surface area contributed by atoms with Gasteiger partial charge in [-0.05, 0) is 24.0 Å². The van der Waals surface area contributed by atoms with Gasteiger partial charge in [0.2, 0.25) is 5.91 Å². The van der Waals surface area contributed by atoms with Gasteiger partial charge < -0.3 is 10.1 Å². The number of ether oxygens (including phenoxy) is 1. The van der Waals surface area contributed by atoms with E-state index in [-0.39, 0.29) is 12.5 Å². The van der Waals surface area contributed by atoms with Gasteiger partial charge in [-0.15, -0.1) is 0 Å². The number of nitrogens with zero attached hydrogens (tertiary/aromatic N) is 2. The summed E-state index contributed by atoms with van der Waals surface area (Å²) < 4.78 is 5.35. The molecule has 2 atom stereocenters. The normalized spacial score (nSPS) is 17.0. The highest BCUT2D eigenvalue weighted by atomic mass is 16.6. The lowest BCUT2D eigenvalue weighted by atomic mass is 10.1. The minimum Gasteiger partial charge on any atom is -0.445 e. The number of nitriles is 1. The molecule has 1 aliphatic heterocycles. The van der Waals surface area contributed by atoms with Crippen LogP contribution in [0.25, 0.3) is 0 Å².